The molecule has 0 unspecified atom stereocenters. The topological polar surface area (TPSA) is 42.7 Å². The summed E-state index contributed by atoms with van der Waals surface area (Å²) in [6.45, 7) is 5.47. The Balaban J connectivity index is 2.13. The minimum atomic E-state index is 0.716. The fraction of sp³-hybridized carbons (Fsp3) is 0.429. The van der Waals surface area contributed by atoms with Gasteiger partial charge in [-0.25, -0.2) is 4.68 Å². The third-order valence-corrected chi connectivity index (χ3v) is 3.31. The first-order valence-electron chi connectivity index (χ1n) is 6.54. The van der Waals surface area contributed by atoms with Crippen molar-refractivity contribution in [3.63, 3.8) is 0 Å². The molecule has 0 amide bonds. The molecule has 0 saturated heterocycles. The van der Waals surface area contributed by atoms with Gasteiger partial charge in [0.05, 0.1) is 23.8 Å². The van der Waals surface area contributed by atoms with Crippen molar-refractivity contribution in [2.24, 2.45) is 5.92 Å². The molecule has 0 spiro atoms. The number of para-hydroxylation sites is 2. The lowest BCUT2D eigenvalue weighted by Crippen LogP contribution is -2.14. The van der Waals surface area contributed by atoms with Gasteiger partial charge in [0.15, 0.2) is 0 Å². The number of anilines is 1. The molecule has 1 heterocycles. The molecule has 0 aliphatic carbocycles. The van der Waals surface area contributed by atoms with E-state index in [4.69, 9.17) is 0 Å². The summed E-state index contributed by atoms with van der Waals surface area (Å²) in [5.74, 6) is 0.716. The van der Waals surface area contributed by atoms with Crippen LogP contribution in [0.2, 0.25) is 0 Å². The molecule has 4 nitrogen and oxygen atoms in total. The molecule has 0 atom stereocenters. The maximum Gasteiger partial charge on any atom is 0.0894 e. The minimum absolute atomic E-state index is 0.716. The van der Waals surface area contributed by atoms with Gasteiger partial charge in [0.25, 0.3) is 0 Å². The van der Waals surface area contributed by atoms with E-state index in [-0.39, 0.29) is 0 Å². The van der Waals surface area contributed by atoms with E-state index in [1.165, 1.54) is 12.8 Å². The van der Waals surface area contributed by atoms with Crippen molar-refractivity contribution in [1.29, 1.82) is 0 Å². The molecular formula is C14H20N4. The summed E-state index contributed by atoms with van der Waals surface area (Å²) in [6, 6.07) is 8.18. The van der Waals surface area contributed by atoms with E-state index in [1.807, 2.05) is 24.4 Å². The van der Waals surface area contributed by atoms with Crippen LogP contribution >= 0.6 is 0 Å². The second kappa shape index (κ2) is 6.19. The van der Waals surface area contributed by atoms with Gasteiger partial charge in [0.1, 0.15) is 0 Å². The zero-order chi connectivity index (χ0) is 12.8. The molecule has 0 fully saturated rings. The van der Waals surface area contributed by atoms with Crippen molar-refractivity contribution in [3.8, 4) is 5.69 Å². The quantitative estimate of drug-likeness (QED) is 0.849. The standard InChI is InChI=1S/C14H20N4/c1-3-12(4-2)11-15-13-7-5-6-8-14(13)18-10-9-16-17-18/h5-10,12,15H,3-4,11H2,1-2H3. The molecule has 0 bridgehead atoms. The molecule has 4 heteroatoms. The Morgan fingerprint density at radius 2 is 2.00 bits per heavy atom. The Morgan fingerprint density at radius 3 is 2.67 bits per heavy atom. The van der Waals surface area contributed by atoms with Gasteiger partial charge < -0.3 is 5.32 Å². The van der Waals surface area contributed by atoms with E-state index in [0.29, 0.717) is 5.92 Å². The fourth-order valence-corrected chi connectivity index (χ4v) is 1.99. The van der Waals surface area contributed by atoms with Gasteiger partial charge in [0.2, 0.25) is 0 Å². The molecule has 1 aromatic heterocycles. The van der Waals surface area contributed by atoms with Crippen LogP contribution in [0, 0.1) is 5.92 Å². The first-order valence-corrected chi connectivity index (χ1v) is 6.54. The molecule has 18 heavy (non-hydrogen) atoms. The highest BCUT2D eigenvalue weighted by molar-refractivity contribution is 5.60. The molecule has 96 valence electrons. The van der Waals surface area contributed by atoms with Crippen LogP contribution in [-0.2, 0) is 0 Å². The first kappa shape index (κ1) is 12.6. The van der Waals surface area contributed by atoms with E-state index in [9.17, 15) is 0 Å². The monoisotopic (exact) mass is 244 g/mol. The summed E-state index contributed by atoms with van der Waals surface area (Å²) >= 11 is 0. The van der Waals surface area contributed by atoms with Gasteiger partial charge >= 0.3 is 0 Å². The Kier molecular flexibility index (Phi) is 4.34. The van der Waals surface area contributed by atoms with Crippen LogP contribution in [-0.4, -0.2) is 21.5 Å². The van der Waals surface area contributed by atoms with Gasteiger partial charge in [-0.2, -0.15) is 0 Å². The predicted molar refractivity (Wildman–Crippen MR) is 73.9 cm³/mol. The summed E-state index contributed by atoms with van der Waals surface area (Å²) < 4.78 is 1.79. The number of hydrogen-bond donors (Lipinski definition) is 1. The lowest BCUT2D eigenvalue weighted by atomic mass is 10.0. The summed E-state index contributed by atoms with van der Waals surface area (Å²) in [7, 11) is 0. The summed E-state index contributed by atoms with van der Waals surface area (Å²) in [5, 5.41) is 11.4. The summed E-state index contributed by atoms with van der Waals surface area (Å²) in [6.07, 6.45) is 5.96. The molecule has 2 rings (SSSR count). The molecule has 1 aromatic carbocycles. The van der Waals surface area contributed by atoms with Gasteiger partial charge in [0, 0.05) is 6.54 Å². The lowest BCUT2D eigenvalue weighted by molar-refractivity contribution is 0.519. The second-order valence-corrected chi connectivity index (χ2v) is 4.43. The van der Waals surface area contributed by atoms with Crippen molar-refractivity contribution >= 4 is 5.69 Å². The Bertz CT molecular complexity index is 460. The van der Waals surface area contributed by atoms with E-state index in [2.05, 4.69) is 35.5 Å². The highest BCUT2D eigenvalue weighted by Gasteiger charge is 2.07. The third-order valence-electron chi connectivity index (χ3n) is 3.31. The van der Waals surface area contributed by atoms with Crippen molar-refractivity contribution in [3.05, 3.63) is 36.7 Å². The number of rotatable bonds is 6. The second-order valence-electron chi connectivity index (χ2n) is 4.43. The Hall–Kier alpha value is -1.84. The SMILES string of the molecule is CCC(CC)CNc1ccccc1-n1ccnn1. The maximum atomic E-state index is 4.04. The Morgan fingerprint density at radius 1 is 1.22 bits per heavy atom. The highest BCUT2D eigenvalue weighted by Crippen LogP contribution is 2.19. The largest absolute Gasteiger partial charge is 0.383 e. The number of nitrogens with one attached hydrogen (secondary N) is 1. The van der Waals surface area contributed by atoms with E-state index < -0.39 is 0 Å². The molecule has 0 saturated carbocycles. The molecular weight excluding hydrogens is 224 g/mol. The third kappa shape index (κ3) is 2.88. The number of nitrogens with zero attached hydrogens (tertiary/aromatic N) is 3. The van der Waals surface area contributed by atoms with Crippen molar-refractivity contribution in [2.45, 2.75) is 26.7 Å². The maximum absolute atomic E-state index is 4.04. The average molecular weight is 244 g/mol. The number of aromatic nitrogens is 3. The molecule has 0 radical (unpaired) electrons. The van der Waals surface area contributed by atoms with Gasteiger partial charge in [-0.1, -0.05) is 44.0 Å². The lowest BCUT2D eigenvalue weighted by Gasteiger charge is -2.16. The predicted octanol–water partition coefficient (Wildman–Crippen LogP) is 3.12. The fourth-order valence-electron chi connectivity index (χ4n) is 1.99. The molecule has 2 aromatic rings. The summed E-state index contributed by atoms with van der Waals surface area (Å²) in [5.41, 5.74) is 2.15. The molecule has 0 aliphatic heterocycles. The van der Waals surface area contributed by atoms with Crippen LogP contribution in [0.15, 0.2) is 36.7 Å². The minimum Gasteiger partial charge on any atom is -0.383 e. The number of hydrogen-bond acceptors (Lipinski definition) is 3. The summed E-state index contributed by atoms with van der Waals surface area (Å²) in [4.78, 5) is 0. The van der Waals surface area contributed by atoms with Gasteiger partial charge in [-0.15, -0.1) is 5.10 Å². The van der Waals surface area contributed by atoms with E-state index in [0.717, 1.165) is 17.9 Å². The highest BCUT2D eigenvalue weighted by atomic mass is 15.4. The van der Waals surface area contributed by atoms with Gasteiger partial charge in [-0.3, -0.25) is 0 Å². The number of benzene rings is 1. The van der Waals surface area contributed by atoms with Gasteiger partial charge in [-0.05, 0) is 18.1 Å². The first-order chi connectivity index (χ1) is 8.85. The van der Waals surface area contributed by atoms with Crippen molar-refractivity contribution in [1.82, 2.24) is 15.0 Å². The van der Waals surface area contributed by atoms with Crippen molar-refractivity contribution in [2.75, 3.05) is 11.9 Å². The normalized spacial score (nSPS) is 10.8. The van der Waals surface area contributed by atoms with Crippen LogP contribution in [0.25, 0.3) is 5.69 Å². The average Bonchev–Trinajstić information content (AvgIpc) is 2.94. The smallest absolute Gasteiger partial charge is 0.0894 e. The van der Waals surface area contributed by atoms with Crippen LogP contribution in [0.4, 0.5) is 5.69 Å². The zero-order valence-electron chi connectivity index (χ0n) is 11.0. The van der Waals surface area contributed by atoms with Crippen molar-refractivity contribution < 1.29 is 0 Å². The molecule has 1 N–H and O–H groups in total. The molecule has 0 aliphatic rings. The Labute approximate surface area is 108 Å². The van der Waals surface area contributed by atoms with Crippen LogP contribution in [0.5, 0.6) is 0 Å². The zero-order valence-corrected chi connectivity index (χ0v) is 11.0. The van der Waals surface area contributed by atoms with Crippen LogP contribution in [0.1, 0.15) is 26.7 Å². The van der Waals surface area contributed by atoms with Crippen LogP contribution in [0.3, 0.4) is 0 Å². The van der Waals surface area contributed by atoms with Crippen LogP contribution < -0.4 is 5.32 Å². The van der Waals surface area contributed by atoms with E-state index >= 15 is 0 Å². The van der Waals surface area contributed by atoms with E-state index in [1.54, 1.807) is 10.9 Å².